The Morgan fingerprint density at radius 2 is 1.60 bits per heavy atom. The van der Waals surface area contributed by atoms with Crippen LogP contribution in [-0.2, 0) is 19.6 Å². The van der Waals surface area contributed by atoms with Crippen molar-refractivity contribution < 1.29 is 17.9 Å². The molecule has 0 saturated carbocycles. The first kappa shape index (κ1) is 17.3. The second-order valence-corrected chi connectivity index (χ2v) is 7.86. The molecule has 7 heteroatoms. The molecule has 0 radical (unpaired) electrons. The molecule has 25 heavy (non-hydrogen) atoms. The topological polar surface area (TPSA) is 84.5 Å². The molecule has 0 aromatic heterocycles. The highest BCUT2D eigenvalue weighted by Crippen LogP contribution is 2.22. The molecule has 2 N–H and O–H groups in total. The molecule has 1 heterocycles. The Kier molecular flexibility index (Phi) is 4.67. The van der Waals surface area contributed by atoms with Crippen LogP contribution in [-0.4, -0.2) is 26.5 Å². The van der Waals surface area contributed by atoms with Crippen LogP contribution in [0, 0.1) is 6.92 Å². The number of ether oxygens (including phenoxy) is 1. The fourth-order valence-corrected chi connectivity index (χ4v) is 3.70. The van der Waals surface area contributed by atoms with Crippen LogP contribution >= 0.6 is 0 Å². The highest BCUT2D eigenvalue weighted by Gasteiger charge is 2.31. The summed E-state index contributed by atoms with van der Waals surface area (Å²) in [6.45, 7) is 3.75. The van der Waals surface area contributed by atoms with E-state index in [0.717, 1.165) is 11.3 Å². The maximum absolute atomic E-state index is 12.4. The van der Waals surface area contributed by atoms with E-state index in [2.05, 4.69) is 10.0 Å². The van der Waals surface area contributed by atoms with Crippen molar-refractivity contribution in [3.05, 3.63) is 54.1 Å². The van der Waals surface area contributed by atoms with Crippen molar-refractivity contribution in [1.82, 2.24) is 0 Å². The van der Waals surface area contributed by atoms with E-state index in [1.54, 1.807) is 48.5 Å². The number of aryl methyl sites for hydroxylation is 1. The predicted octanol–water partition coefficient (Wildman–Crippen LogP) is 2.91. The number of cyclic esters (lactones) is 1. The van der Waals surface area contributed by atoms with Crippen LogP contribution in [0.3, 0.4) is 0 Å². The van der Waals surface area contributed by atoms with Gasteiger partial charge in [-0.15, -0.1) is 0 Å². The van der Waals surface area contributed by atoms with E-state index in [4.69, 9.17) is 4.74 Å². The molecule has 0 spiro atoms. The second kappa shape index (κ2) is 6.76. The molecule has 1 saturated heterocycles. The molecule has 2 aromatic rings. The van der Waals surface area contributed by atoms with Crippen LogP contribution in [0.1, 0.15) is 18.9 Å². The standard InChI is InChI=1S/C18H20N2O4S/c1-12-3-9-16(10-4-12)25(22,23)20-15-7-5-14(6-8-15)19-17-11-13(2)24-18(17)21/h3-10,13,17,19-20H,11H2,1-2H3. The number of benzene rings is 2. The van der Waals surface area contributed by atoms with Gasteiger partial charge in [-0.2, -0.15) is 0 Å². The van der Waals surface area contributed by atoms with Gasteiger partial charge in [0.05, 0.1) is 4.90 Å². The minimum Gasteiger partial charge on any atom is -0.461 e. The summed E-state index contributed by atoms with van der Waals surface area (Å²) in [5, 5.41) is 3.10. The van der Waals surface area contributed by atoms with Crippen molar-refractivity contribution in [3.63, 3.8) is 0 Å². The molecule has 2 unspecified atom stereocenters. The lowest BCUT2D eigenvalue weighted by Gasteiger charge is -2.12. The second-order valence-electron chi connectivity index (χ2n) is 6.18. The molecular weight excluding hydrogens is 340 g/mol. The van der Waals surface area contributed by atoms with Crippen LogP contribution in [0.2, 0.25) is 0 Å². The minimum absolute atomic E-state index is 0.0920. The molecule has 1 fully saturated rings. The lowest BCUT2D eigenvalue weighted by Crippen LogP contribution is -2.24. The van der Waals surface area contributed by atoms with Crippen molar-refractivity contribution in [2.45, 2.75) is 37.3 Å². The van der Waals surface area contributed by atoms with E-state index < -0.39 is 10.0 Å². The largest absolute Gasteiger partial charge is 0.461 e. The van der Waals surface area contributed by atoms with E-state index in [1.807, 2.05) is 13.8 Å². The average Bonchev–Trinajstić information content (AvgIpc) is 2.87. The third-order valence-electron chi connectivity index (χ3n) is 3.98. The van der Waals surface area contributed by atoms with E-state index in [9.17, 15) is 13.2 Å². The molecule has 3 rings (SSSR count). The SMILES string of the molecule is Cc1ccc(S(=O)(=O)Nc2ccc(NC3CC(C)OC3=O)cc2)cc1. The summed E-state index contributed by atoms with van der Waals surface area (Å²) in [5.41, 5.74) is 2.18. The molecule has 1 aliphatic rings. The van der Waals surface area contributed by atoms with Crippen molar-refractivity contribution in [1.29, 1.82) is 0 Å². The lowest BCUT2D eigenvalue weighted by molar-refractivity contribution is -0.141. The van der Waals surface area contributed by atoms with E-state index in [0.29, 0.717) is 12.1 Å². The number of hydrogen-bond acceptors (Lipinski definition) is 5. The Morgan fingerprint density at radius 1 is 1.00 bits per heavy atom. The number of anilines is 2. The van der Waals surface area contributed by atoms with E-state index in [-0.39, 0.29) is 23.0 Å². The average molecular weight is 360 g/mol. The Balaban J connectivity index is 1.68. The van der Waals surface area contributed by atoms with Gasteiger partial charge in [-0.1, -0.05) is 17.7 Å². The summed E-state index contributed by atoms with van der Waals surface area (Å²) >= 11 is 0. The molecule has 1 aliphatic heterocycles. The number of carbonyl (C=O) groups excluding carboxylic acids is 1. The summed E-state index contributed by atoms with van der Waals surface area (Å²) in [5.74, 6) is -0.267. The molecule has 132 valence electrons. The predicted molar refractivity (Wildman–Crippen MR) is 96.0 cm³/mol. The fraction of sp³-hybridized carbons (Fsp3) is 0.278. The monoisotopic (exact) mass is 360 g/mol. The van der Waals surface area contributed by atoms with Crippen LogP contribution in [0.25, 0.3) is 0 Å². The molecule has 0 aliphatic carbocycles. The molecule has 0 amide bonds. The fourth-order valence-electron chi connectivity index (χ4n) is 2.64. The van der Waals surface area contributed by atoms with Crippen molar-refractivity contribution in [2.24, 2.45) is 0 Å². The van der Waals surface area contributed by atoms with Gasteiger partial charge >= 0.3 is 5.97 Å². The number of nitrogens with one attached hydrogen (secondary N) is 2. The molecule has 0 bridgehead atoms. The van der Waals surface area contributed by atoms with E-state index >= 15 is 0 Å². The maximum Gasteiger partial charge on any atom is 0.328 e. The van der Waals surface area contributed by atoms with Crippen LogP contribution in [0.15, 0.2) is 53.4 Å². The quantitative estimate of drug-likeness (QED) is 0.801. The zero-order valence-electron chi connectivity index (χ0n) is 14.0. The molecule has 6 nitrogen and oxygen atoms in total. The molecular formula is C18H20N2O4S. The normalized spacial score (nSPS) is 20.2. The van der Waals surface area contributed by atoms with Gasteiger partial charge in [-0.25, -0.2) is 13.2 Å². The third kappa shape index (κ3) is 4.11. The number of sulfonamides is 1. The summed E-state index contributed by atoms with van der Waals surface area (Å²) in [6, 6.07) is 13.0. The highest BCUT2D eigenvalue weighted by molar-refractivity contribution is 7.92. The Bertz CT molecular complexity index is 861. The maximum atomic E-state index is 12.4. The number of esters is 1. The highest BCUT2D eigenvalue weighted by atomic mass is 32.2. The summed E-state index contributed by atoms with van der Waals surface area (Å²) in [4.78, 5) is 11.9. The summed E-state index contributed by atoms with van der Waals surface area (Å²) in [6.07, 6.45) is 0.520. The number of carbonyl (C=O) groups is 1. The van der Waals surface area contributed by atoms with Gasteiger partial charge in [0.2, 0.25) is 0 Å². The molecule has 2 aromatic carbocycles. The minimum atomic E-state index is -3.63. The number of rotatable bonds is 5. The van der Waals surface area contributed by atoms with Gasteiger partial charge in [-0.05, 0) is 50.2 Å². The van der Waals surface area contributed by atoms with Gasteiger partial charge in [0.25, 0.3) is 10.0 Å². The van der Waals surface area contributed by atoms with Gasteiger partial charge in [0, 0.05) is 17.8 Å². The first-order valence-corrected chi connectivity index (χ1v) is 9.48. The first-order valence-electron chi connectivity index (χ1n) is 8.00. The van der Waals surface area contributed by atoms with Gasteiger partial charge in [-0.3, -0.25) is 4.72 Å². The zero-order valence-corrected chi connectivity index (χ0v) is 14.8. The van der Waals surface area contributed by atoms with Crippen LogP contribution in [0.5, 0.6) is 0 Å². The van der Waals surface area contributed by atoms with Crippen LogP contribution < -0.4 is 10.0 Å². The van der Waals surface area contributed by atoms with Crippen molar-refractivity contribution in [2.75, 3.05) is 10.0 Å². The molecule has 2 atom stereocenters. The van der Waals surface area contributed by atoms with Crippen molar-refractivity contribution in [3.8, 4) is 0 Å². The third-order valence-corrected chi connectivity index (χ3v) is 5.38. The summed E-state index contributed by atoms with van der Waals surface area (Å²) in [7, 11) is -3.63. The zero-order chi connectivity index (χ0) is 18.0. The van der Waals surface area contributed by atoms with Crippen LogP contribution in [0.4, 0.5) is 11.4 Å². The lowest BCUT2D eigenvalue weighted by atomic mass is 10.2. The Morgan fingerprint density at radius 3 is 2.16 bits per heavy atom. The van der Waals surface area contributed by atoms with Crippen molar-refractivity contribution >= 4 is 27.4 Å². The number of hydrogen-bond donors (Lipinski definition) is 2. The van der Waals surface area contributed by atoms with Gasteiger partial charge in [0.15, 0.2) is 0 Å². The van der Waals surface area contributed by atoms with Gasteiger partial charge < -0.3 is 10.1 Å². The Labute approximate surface area is 147 Å². The smallest absolute Gasteiger partial charge is 0.328 e. The Hall–Kier alpha value is -2.54. The van der Waals surface area contributed by atoms with E-state index in [1.165, 1.54) is 0 Å². The summed E-state index contributed by atoms with van der Waals surface area (Å²) < 4.78 is 32.4. The first-order chi connectivity index (χ1) is 11.8. The van der Waals surface area contributed by atoms with Gasteiger partial charge in [0.1, 0.15) is 12.1 Å².